The average Bonchev–Trinajstić information content (AvgIpc) is 3.14. The fourth-order valence-electron chi connectivity index (χ4n) is 2.86. The number of nitrogens with zero attached hydrogens (tertiary/aromatic N) is 6. The summed E-state index contributed by atoms with van der Waals surface area (Å²) in [7, 11) is 0. The molecule has 10 nitrogen and oxygen atoms in total. The summed E-state index contributed by atoms with van der Waals surface area (Å²) in [6, 6.07) is 17.1. The number of esters is 1. The lowest BCUT2D eigenvalue weighted by molar-refractivity contribution is 0.0454. The number of para-hydroxylation sites is 1. The smallest absolute Gasteiger partial charge is 0.361 e. The third kappa shape index (κ3) is 4.64. The Kier molecular flexibility index (Phi) is 5.52. The van der Waals surface area contributed by atoms with E-state index in [-0.39, 0.29) is 30.0 Å². The summed E-state index contributed by atoms with van der Waals surface area (Å²) in [5.41, 5.74) is 9.16. The standard InChI is InChI=1S/C21H20N8O2/c1-13-8-10-16(11-9-13)29-14(2)18(27-28-29)19(30)31-12-17-24-20(22)26-21(25-17)23-15-6-4-3-5-7-15/h3-11H,12H2,1-2H3,(H3,22,23,24,25,26). The van der Waals surface area contributed by atoms with E-state index in [0.717, 1.165) is 16.9 Å². The van der Waals surface area contributed by atoms with Gasteiger partial charge in [-0.15, -0.1) is 5.10 Å². The molecule has 0 bridgehead atoms. The summed E-state index contributed by atoms with van der Waals surface area (Å²) in [4.78, 5) is 24.9. The Labute approximate surface area is 178 Å². The van der Waals surface area contributed by atoms with Gasteiger partial charge in [0, 0.05) is 5.69 Å². The highest BCUT2D eigenvalue weighted by Gasteiger charge is 2.19. The van der Waals surface area contributed by atoms with E-state index in [0.29, 0.717) is 5.69 Å². The van der Waals surface area contributed by atoms with E-state index in [2.05, 4.69) is 30.6 Å². The third-order valence-corrected chi connectivity index (χ3v) is 4.43. The number of nitrogen functional groups attached to an aromatic ring is 1. The van der Waals surface area contributed by atoms with Crippen LogP contribution in [-0.2, 0) is 11.3 Å². The van der Waals surface area contributed by atoms with Crippen LogP contribution < -0.4 is 11.1 Å². The number of ether oxygens (including phenoxy) is 1. The van der Waals surface area contributed by atoms with Crippen LogP contribution in [0.4, 0.5) is 17.6 Å². The second-order valence-electron chi connectivity index (χ2n) is 6.77. The predicted molar refractivity (Wildman–Crippen MR) is 114 cm³/mol. The molecule has 10 heteroatoms. The molecule has 4 rings (SSSR count). The molecule has 156 valence electrons. The van der Waals surface area contributed by atoms with Crippen molar-refractivity contribution < 1.29 is 9.53 Å². The molecule has 0 aliphatic heterocycles. The Morgan fingerprint density at radius 2 is 1.77 bits per heavy atom. The van der Waals surface area contributed by atoms with Gasteiger partial charge in [0.25, 0.3) is 0 Å². The molecule has 0 saturated carbocycles. The van der Waals surface area contributed by atoms with Gasteiger partial charge in [-0.1, -0.05) is 41.1 Å². The molecule has 0 aliphatic rings. The van der Waals surface area contributed by atoms with Crippen LogP contribution in [0.15, 0.2) is 54.6 Å². The molecule has 2 aromatic heterocycles. The van der Waals surface area contributed by atoms with Crippen LogP contribution in [0.3, 0.4) is 0 Å². The number of aromatic nitrogens is 6. The van der Waals surface area contributed by atoms with Crippen molar-refractivity contribution in [1.82, 2.24) is 29.9 Å². The van der Waals surface area contributed by atoms with Crippen molar-refractivity contribution >= 4 is 23.6 Å². The number of nitrogens with one attached hydrogen (secondary N) is 1. The van der Waals surface area contributed by atoms with Gasteiger partial charge in [-0.25, -0.2) is 9.48 Å². The highest BCUT2D eigenvalue weighted by molar-refractivity contribution is 5.88. The van der Waals surface area contributed by atoms with E-state index in [1.54, 1.807) is 11.6 Å². The molecule has 31 heavy (non-hydrogen) atoms. The maximum Gasteiger partial charge on any atom is 0.361 e. The molecule has 0 saturated heterocycles. The Hall–Kier alpha value is -4.34. The quantitative estimate of drug-likeness (QED) is 0.455. The van der Waals surface area contributed by atoms with E-state index in [1.807, 2.05) is 61.5 Å². The minimum absolute atomic E-state index is 0.0148. The number of aryl methyl sites for hydroxylation is 1. The van der Waals surface area contributed by atoms with Gasteiger partial charge in [0.1, 0.15) is 0 Å². The highest BCUT2D eigenvalue weighted by atomic mass is 16.5. The van der Waals surface area contributed by atoms with E-state index in [4.69, 9.17) is 10.5 Å². The number of nitrogens with two attached hydrogens (primary N) is 1. The van der Waals surface area contributed by atoms with Crippen LogP contribution in [0.25, 0.3) is 5.69 Å². The molecule has 0 unspecified atom stereocenters. The van der Waals surface area contributed by atoms with E-state index in [9.17, 15) is 4.79 Å². The van der Waals surface area contributed by atoms with Crippen molar-refractivity contribution in [1.29, 1.82) is 0 Å². The first-order valence-electron chi connectivity index (χ1n) is 9.48. The first kappa shape index (κ1) is 20.0. The number of hydrogen-bond acceptors (Lipinski definition) is 9. The lowest BCUT2D eigenvalue weighted by Gasteiger charge is -2.08. The second-order valence-corrected chi connectivity index (χ2v) is 6.77. The molecule has 0 radical (unpaired) electrons. The van der Waals surface area contributed by atoms with Crippen LogP contribution >= 0.6 is 0 Å². The number of anilines is 3. The third-order valence-electron chi connectivity index (χ3n) is 4.43. The van der Waals surface area contributed by atoms with Gasteiger partial charge < -0.3 is 15.8 Å². The molecule has 2 aromatic carbocycles. The summed E-state index contributed by atoms with van der Waals surface area (Å²) < 4.78 is 6.91. The molecule has 0 aliphatic carbocycles. The van der Waals surface area contributed by atoms with Crippen LogP contribution in [0.1, 0.15) is 27.6 Å². The van der Waals surface area contributed by atoms with Crippen molar-refractivity contribution in [3.63, 3.8) is 0 Å². The van der Waals surface area contributed by atoms with Gasteiger partial charge in [-0.05, 0) is 38.1 Å². The Morgan fingerprint density at radius 3 is 2.52 bits per heavy atom. The maximum atomic E-state index is 12.5. The van der Waals surface area contributed by atoms with Gasteiger partial charge in [0.2, 0.25) is 11.9 Å². The Bertz CT molecular complexity index is 1210. The monoisotopic (exact) mass is 416 g/mol. The average molecular weight is 416 g/mol. The zero-order valence-electron chi connectivity index (χ0n) is 17.0. The zero-order chi connectivity index (χ0) is 21.8. The lowest BCUT2D eigenvalue weighted by Crippen LogP contribution is -2.12. The Morgan fingerprint density at radius 1 is 1.03 bits per heavy atom. The van der Waals surface area contributed by atoms with E-state index >= 15 is 0 Å². The van der Waals surface area contributed by atoms with Crippen molar-refractivity contribution in [2.45, 2.75) is 20.5 Å². The van der Waals surface area contributed by atoms with Gasteiger partial charge >= 0.3 is 5.97 Å². The summed E-state index contributed by atoms with van der Waals surface area (Å²) >= 11 is 0. The summed E-state index contributed by atoms with van der Waals surface area (Å²) in [5, 5.41) is 11.1. The Balaban J connectivity index is 1.46. The number of carbonyl (C=O) groups is 1. The first-order chi connectivity index (χ1) is 15.0. The zero-order valence-corrected chi connectivity index (χ0v) is 17.0. The number of rotatable bonds is 6. The molecule has 3 N–H and O–H groups in total. The van der Waals surface area contributed by atoms with Crippen molar-refractivity contribution in [2.75, 3.05) is 11.1 Å². The highest BCUT2D eigenvalue weighted by Crippen LogP contribution is 2.15. The lowest BCUT2D eigenvalue weighted by atomic mass is 10.2. The topological polar surface area (TPSA) is 134 Å². The van der Waals surface area contributed by atoms with Gasteiger partial charge in [-0.3, -0.25) is 0 Å². The van der Waals surface area contributed by atoms with Crippen molar-refractivity contribution in [3.8, 4) is 5.69 Å². The minimum Gasteiger partial charge on any atom is -0.453 e. The molecule has 0 atom stereocenters. The maximum absolute atomic E-state index is 12.5. The van der Waals surface area contributed by atoms with Crippen molar-refractivity contribution in [3.05, 3.63) is 77.4 Å². The van der Waals surface area contributed by atoms with Crippen LogP contribution in [0.2, 0.25) is 0 Å². The largest absolute Gasteiger partial charge is 0.453 e. The SMILES string of the molecule is Cc1ccc(-n2nnc(C(=O)OCc3nc(N)nc(Nc4ccccc4)n3)c2C)cc1. The molecule has 4 aromatic rings. The number of carbonyl (C=O) groups excluding carboxylic acids is 1. The van der Waals surface area contributed by atoms with Crippen LogP contribution in [0.5, 0.6) is 0 Å². The van der Waals surface area contributed by atoms with Gasteiger partial charge in [0.05, 0.1) is 11.4 Å². The number of hydrogen-bond donors (Lipinski definition) is 2. The first-order valence-corrected chi connectivity index (χ1v) is 9.48. The summed E-state index contributed by atoms with van der Waals surface area (Å²) in [5.74, 6) is -0.150. The van der Waals surface area contributed by atoms with Crippen LogP contribution in [-0.4, -0.2) is 35.9 Å². The molecule has 0 fully saturated rings. The molecular weight excluding hydrogens is 396 g/mol. The molecular formula is C21H20N8O2. The second kappa shape index (κ2) is 8.57. The minimum atomic E-state index is -0.632. The summed E-state index contributed by atoms with van der Waals surface area (Å²) in [6.07, 6.45) is 0. The number of benzene rings is 2. The molecule has 0 amide bonds. The fourth-order valence-corrected chi connectivity index (χ4v) is 2.86. The summed E-state index contributed by atoms with van der Waals surface area (Å²) in [6.45, 7) is 3.56. The van der Waals surface area contributed by atoms with E-state index in [1.165, 1.54) is 0 Å². The van der Waals surface area contributed by atoms with E-state index < -0.39 is 5.97 Å². The molecule has 2 heterocycles. The predicted octanol–water partition coefficient (Wildman–Crippen LogP) is 2.75. The normalized spacial score (nSPS) is 10.6. The van der Waals surface area contributed by atoms with Gasteiger partial charge in [0.15, 0.2) is 18.1 Å². The fraction of sp³-hybridized carbons (Fsp3) is 0.143. The molecule has 0 spiro atoms. The van der Waals surface area contributed by atoms with Gasteiger partial charge in [-0.2, -0.15) is 15.0 Å². The van der Waals surface area contributed by atoms with Crippen LogP contribution in [0, 0.1) is 13.8 Å². The van der Waals surface area contributed by atoms with Crippen molar-refractivity contribution in [2.24, 2.45) is 0 Å².